The van der Waals surface area contributed by atoms with Crippen molar-refractivity contribution >= 4 is 24.0 Å². The van der Waals surface area contributed by atoms with Crippen LogP contribution in [0.2, 0.25) is 0 Å². The Balaban J connectivity index is 1.51. The molecule has 31 heavy (non-hydrogen) atoms. The molecule has 0 unspecified atom stereocenters. The highest BCUT2D eigenvalue weighted by Gasteiger charge is 2.21. The highest BCUT2D eigenvalue weighted by molar-refractivity contribution is 6.11. The van der Waals surface area contributed by atoms with Gasteiger partial charge in [-0.15, -0.1) is 0 Å². The molecule has 0 bridgehead atoms. The molecular formula is C27H31NO3. The molecule has 0 saturated heterocycles. The van der Waals surface area contributed by atoms with Crippen molar-refractivity contribution in [2.75, 3.05) is 6.61 Å². The van der Waals surface area contributed by atoms with Gasteiger partial charge in [-0.2, -0.15) is 0 Å². The van der Waals surface area contributed by atoms with Crippen molar-refractivity contribution in [3.05, 3.63) is 77.0 Å². The van der Waals surface area contributed by atoms with E-state index in [4.69, 9.17) is 9.47 Å². The molecule has 4 heteroatoms. The summed E-state index contributed by atoms with van der Waals surface area (Å²) in [6.45, 7) is 5.01. The fourth-order valence-electron chi connectivity index (χ4n) is 3.23. The summed E-state index contributed by atoms with van der Waals surface area (Å²) in [5.74, 6) is 0.706. The molecular weight excluding hydrogens is 386 g/mol. The van der Waals surface area contributed by atoms with Gasteiger partial charge in [0.1, 0.15) is 5.75 Å². The SMILES string of the molecule is CCCCCCCCOc1ccc(/C=C2N=C(/C=C/c3ccc(C)cc3)OC\2=O)cc1. The smallest absolute Gasteiger partial charge is 0.363 e. The monoisotopic (exact) mass is 417 g/mol. The van der Waals surface area contributed by atoms with E-state index in [0.29, 0.717) is 11.6 Å². The van der Waals surface area contributed by atoms with Gasteiger partial charge in [0.05, 0.1) is 6.61 Å². The summed E-state index contributed by atoms with van der Waals surface area (Å²) in [7, 11) is 0. The maximum atomic E-state index is 12.1. The second-order valence-electron chi connectivity index (χ2n) is 7.80. The van der Waals surface area contributed by atoms with Crippen LogP contribution in [0.1, 0.15) is 62.1 Å². The van der Waals surface area contributed by atoms with Crippen molar-refractivity contribution in [1.29, 1.82) is 0 Å². The fourth-order valence-corrected chi connectivity index (χ4v) is 3.23. The van der Waals surface area contributed by atoms with Gasteiger partial charge in [0.2, 0.25) is 5.90 Å². The first-order valence-electron chi connectivity index (χ1n) is 11.1. The zero-order valence-corrected chi connectivity index (χ0v) is 18.5. The number of unbranched alkanes of at least 4 members (excludes halogenated alkanes) is 5. The van der Waals surface area contributed by atoms with E-state index >= 15 is 0 Å². The predicted octanol–water partition coefficient (Wildman–Crippen LogP) is 6.74. The van der Waals surface area contributed by atoms with E-state index in [1.807, 2.05) is 61.5 Å². The van der Waals surface area contributed by atoms with Gasteiger partial charge >= 0.3 is 5.97 Å². The second-order valence-corrected chi connectivity index (χ2v) is 7.80. The molecule has 0 atom stereocenters. The Morgan fingerprint density at radius 2 is 1.55 bits per heavy atom. The van der Waals surface area contributed by atoms with E-state index in [1.165, 1.54) is 37.7 Å². The average Bonchev–Trinajstić information content (AvgIpc) is 3.13. The normalized spacial score (nSPS) is 14.8. The number of aliphatic imine (C=N–C) groups is 1. The summed E-state index contributed by atoms with van der Waals surface area (Å²) in [6.07, 6.45) is 12.8. The van der Waals surface area contributed by atoms with Crippen LogP contribution in [0.4, 0.5) is 0 Å². The highest BCUT2D eigenvalue weighted by Crippen LogP contribution is 2.19. The summed E-state index contributed by atoms with van der Waals surface area (Å²) < 4.78 is 11.1. The zero-order valence-electron chi connectivity index (χ0n) is 18.5. The van der Waals surface area contributed by atoms with Gasteiger partial charge in [-0.3, -0.25) is 0 Å². The number of hydrogen-bond donors (Lipinski definition) is 0. The van der Waals surface area contributed by atoms with Crippen LogP contribution in [0.3, 0.4) is 0 Å². The first-order valence-corrected chi connectivity index (χ1v) is 11.1. The fraction of sp³-hybridized carbons (Fsp3) is 0.333. The van der Waals surface area contributed by atoms with Gasteiger partial charge in [-0.05, 0) is 48.8 Å². The van der Waals surface area contributed by atoms with Gasteiger partial charge in [-0.1, -0.05) is 81.0 Å². The van der Waals surface area contributed by atoms with Crippen LogP contribution in [0.25, 0.3) is 12.2 Å². The Morgan fingerprint density at radius 3 is 2.29 bits per heavy atom. The molecule has 2 aromatic carbocycles. The summed E-state index contributed by atoms with van der Waals surface area (Å²) >= 11 is 0. The Labute approximate surface area is 185 Å². The number of cyclic esters (lactones) is 1. The van der Waals surface area contributed by atoms with Crippen molar-refractivity contribution in [2.45, 2.75) is 52.4 Å². The molecule has 0 saturated carbocycles. The molecule has 2 aromatic rings. The van der Waals surface area contributed by atoms with Crippen LogP contribution in [0.5, 0.6) is 5.75 Å². The highest BCUT2D eigenvalue weighted by atomic mass is 16.6. The molecule has 0 fully saturated rings. The summed E-state index contributed by atoms with van der Waals surface area (Å²) in [5, 5.41) is 0. The maximum absolute atomic E-state index is 12.1. The lowest BCUT2D eigenvalue weighted by molar-refractivity contribution is -0.129. The number of esters is 1. The zero-order chi connectivity index (χ0) is 21.9. The molecule has 0 aromatic heterocycles. The van der Waals surface area contributed by atoms with Crippen molar-refractivity contribution < 1.29 is 14.3 Å². The molecule has 3 rings (SSSR count). The third-order valence-electron chi connectivity index (χ3n) is 5.08. The van der Waals surface area contributed by atoms with Crippen molar-refractivity contribution in [2.24, 2.45) is 4.99 Å². The minimum atomic E-state index is -0.438. The first-order chi connectivity index (χ1) is 15.1. The molecule has 0 amide bonds. The Hall–Kier alpha value is -3.14. The standard InChI is InChI=1S/C27H31NO3/c1-3-4-5-6-7-8-19-30-24-16-13-23(14-17-24)20-25-27(29)31-26(28-25)18-15-22-11-9-21(2)10-12-22/h9-18,20H,3-8,19H2,1-2H3/b18-15+,25-20-. The molecule has 1 heterocycles. The van der Waals surface area contributed by atoms with E-state index in [0.717, 1.165) is 29.9 Å². The molecule has 4 nitrogen and oxygen atoms in total. The van der Waals surface area contributed by atoms with Crippen molar-refractivity contribution in [3.63, 3.8) is 0 Å². The van der Waals surface area contributed by atoms with E-state index < -0.39 is 5.97 Å². The van der Waals surface area contributed by atoms with Gasteiger partial charge in [-0.25, -0.2) is 9.79 Å². The topological polar surface area (TPSA) is 47.9 Å². The average molecular weight is 418 g/mol. The van der Waals surface area contributed by atoms with Crippen LogP contribution < -0.4 is 4.74 Å². The maximum Gasteiger partial charge on any atom is 0.363 e. The number of carbonyl (C=O) groups is 1. The van der Waals surface area contributed by atoms with Crippen LogP contribution in [0.15, 0.2) is 65.3 Å². The molecule has 162 valence electrons. The van der Waals surface area contributed by atoms with Crippen LogP contribution in [0, 0.1) is 6.92 Å². The Morgan fingerprint density at radius 1 is 0.871 bits per heavy atom. The lowest BCUT2D eigenvalue weighted by Gasteiger charge is -2.06. The number of ether oxygens (including phenoxy) is 2. The van der Waals surface area contributed by atoms with Crippen LogP contribution in [-0.2, 0) is 9.53 Å². The lowest BCUT2D eigenvalue weighted by Crippen LogP contribution is -2.01. The number of nitrogens with zero attached hydrogens (tertiary/aromatic N) is 1. The largest absolute Gasteiger partial charge is 0.494 e. The molecule has 0 radical (unpaired) electrons. The molecule has 1 aliphatic heterocycles. The summed E-state index contributed by atoms with van der Waals surface area (Å²) in [6, 6.07) is 15.8. The number of hydrogen-bond acceptors (Lipinski definition) is 4. The van der Waals surface area contributed by atoms with Crippen molar-refractivity contribution in [1.82, 2.24) is 0 Å². The first kappa shape index (κ1) is 22.5. The molecule has 0 N–H and O–H groups in total. The quantitative estimate of drug-likeness (QED) is 0.231. The van der Waals surface area contributed by atoms with Crippen LogP contribution >= 0.6 is 0 Å². The minimum absolute atomic E-state index is 0.296. The predicted molar refractivity (Wildman–Crippen MR) is 127 cm³/mol. The van der Waals surface area contributed by atoms with Gasteiger partial charge < -0.3 is 9.47 Å². The Kier molecular flexibility index (Phi) is 8.65. The van der Waals surface area contributed by atoms with Gasteiger partial charge in [0, 0.05) is 6.08 Å². The number of rotatable bonds is 11. The third-order valence-corrected chi connectivity index (χ3v) is 5.08. The third kappa shape index (κ3) is 7.56. The molecule has 0 aliphatic carbocycles. The summed E-state index contributed by atoms with van der Waals surface area (Å²) in [5.41, 5.74) is 3.40. The summed E-state index contributed by atoms with van der Waals surface area (Å²) in [4.78, 5) is 16.4. The van der Waals surface area contributed by atoms with Gasteiger partial charge in [0.15, 0.2) is 5.70 Å². The molecule has 1 aliphatic rings. The lowest BCUT2D eigenvalue weighted by atomic mass is 10.1. The number of benzene rings is 2. The van der Waals surface area contributed by atoms with Crippen LogP contribution in [-0.4, -0.2) is 18.5 Å². The second kappa shape index (κ2) is 11.9. The van der Waals surface area contributed by atoms with E-state index in [-0.39, 0.29) is 0 Å². The number of aryl methyl sites for hydroxylation is 1. The van der Waals surface area contributed by atoms with Crippen molar-refractivity contribution in [3.8, 4) is 5.75 Å². The number of carbonyl (C=O) groups excluding carboxylic acids is 1. The molecule has 0 spiro atoms. The van der Waals surface area contributed by atoms with Gasteiger partial charge in [0.25, 0.3) is 0 Å². The van der Waals surface area contributed by atoms with E-state index in [2.05, 4.69) is 11.9 Å². The minimum Gasteiger partial charge on any atom is -0.494 e. The van der Waals surface area contributed by atoms with E-state index in [9.17, 15) is 4.79 Å². The Bertz CT molecular complexity index is 937. The van der Waals surface area contributed by atoms with E-state index in [1.54, 1.807) is 12.2 Å².